The molecule has 5 nitrogen and oxygen atoms in total. The quantitative estimate of drug-likeness (QED) is 0.604. The predicted molar refractivity (Wildman–Crippen MR) is 43.6 cm³/mol. The summed E-state index contributed by atoms with van der Waals surface area (Å²) in [7, 11) is 1.49. The standard InChI is InChI=1S/C8H12N2O3/c1-13-7-5-10(4-6(7)11)8(12)2-3-9/h6-7,11H,2,4-5H2,1H3/t6-,7-/m0/s1. The number of nitrogens with zero attached hydrogens (tertiary/aromatic N) is 2. The molecule has 0 unspecified atom stereocenters. The third kappa shape index (κ3) is 2.17. The molecule has 5 heteroatoms. The van der Waals surface area contributed by atoms with Crippen molar-refractivity contribution < 1.29 is 14.6 Å². The fourth-order valence-corrected chi connectivity index (χ4v) is 1.37. The number of hydrogen-bond acceptors (Lipinski definition) is 4. The molecule has 2 atom stereocenters. The van der Waals surface area contributed by atoms with Crippen molar-refractivity contribution in [2.75, 3.05) is 20.2 Å². The first-order valence-corrected chi connectivity index (χ1v) is 4.04. The number of carbonyl (C=O) groups is 1. The number of aliphatic hydroxyl groups is 1. The van der Waals surface area contributed by atoms with Crippen molar-refractivity contribution in [3.63, 3.8) is 0 Å². The highest BCUT2D eigenvalue weighted by Gasteiger charge is 2.33. The van der Waals surface area contributed by atoms with Crippen LogP contribution in [0.2, 0.25) is 0 Å². The monoisotopic (exact) mass is 184 g/mol. The van der Waals surface area contributed by atoms with Crippen LogP contribution in [0.25, 0.3) is 0 Å². The minimum atomic E-state index is -0.632. The van der Waals surface area contributed by atoms with Crippen LogP contribution in [0.1, 0.15) is 6.42 Å². The first-order valence-electron chi connectivity index (χ1n) is 4.04. The van der Waals surface area contributed by atoms with Gasteiger partial charge in [0.2, 0.25) is 5.91 Å². The molecular formula is C8H12N2O3. The van der Waals surface area contributed by atoms with Crippen molar-refractivity contribution in [2.45, 2.75) is 18.6 Å². The van der Waals surface area contributed by atoms with Crippen LogP contribution in [0, 0.1) is 11.3 Å². The van der Waals surface area contributed by atoms with Gasteiger partial charge in [-0.25, -0.2) is 0 Å². The summed E-state index contributed by atoms with van der Waals surface area (Å²) in [4.78, 5) is 12.6. The topological polar surface area (TPSA) is 73.6 Å². The zero-order valence-electron chi connectivity index (χ0n) is 7.43. The van der Waals surface area contributed by atoms with Gasteiger partial charge in [-0.3, -0.25) is 4.79 Å². The Labute approximate surface area is 76.5 Å². The van der Waals surface area contributed by atoms with Crippen LogP contribution in [0.4, 0.5) is 0 Å². The Bertz CT molecular complexity index is 236. The average molecular weight is 184 g/mol. The lowest BCUT2D eigenvalue weighted by Gasteiger charge is -2.13. The summed E-state index contributed by atoms with van der Waals surface area (Å²) < 4.78 is 4.96. The van der Waals surface area contributed by atoms with E-state index in [4.69, 9.17) is 10.00 Å². The summed E-state index contributed by atoms with van der Waals surface area (Å²) in [6, 6.07) is 1.78. The number of amides is 1. The SMILES string of the molecule is CO[C@H]1CN(C(=O)CC#N)C[C@@H]1O. The number of aliphatic hydroxyl groups excluding tert-OH is 1. The van der Waals surface area contributed by atoms with Crippen LogP contribution in [0.5, 0.6) is 0 Å². The highest BCUT2D eigenvalue weighted by molar-refractivity contribution is 5.78. The molecule has 1 aliphatic rings. The Morgan fingerprint density at radius 1 is 1.77 bits per heavy atom. The summed E-state index contributed by atoms with van der Waals surface area (Å²) in [5, 5.41) is 17.7. The van der Waals surface area contributed by atoms with Gasteiger partial charge in [-0.15, -0.1) is 0 Å². The molecule has 1 saturated heterocycles. The average Bonchev–Trinajstić information content (AvgIpc) is 2.47. The molecule has 72 valence electrons. The number of carbonyl (C=O) groups excluding carboxylic acids is 1. The Morgan fingerprint density at radius 2 is 2.46 bits per heavy atom. The lowest BCUT2D eigenvalue weighted by Crippen LogP contribution is -2.29. The van der Waals surface area contributed by atoms with Crippen molar-refractivity contribution in [2.24, 2.45) is 0 Å². The molecule has 1 aliphatic heterocycles. The molecule has 13 heavy (non-hydrogen) atoms. The van der Waals surface area contributed by atoms with Crippen molar-refractivity contribution >= 4 is 5.91 Å². The normalized spacial score (nSPS) is 27.3. The highest BCUT2D eigenvalue weighted by atomic mass is 16.5. The van der Waals surface area contributed by atoms with E-state index in [1.54, 1.807) is 6.07 Å². The number of ether oxygens (including phenoxy) is 1. The lowest BCUT2D eigenvalue weighted by atomic mass is 10.3. The molecule has 1 rings (SSSR count). The maximum atomic E-state index is 11.2. The summed E-state index contributed by atoms with van der Waals surface area (Å²) in [5.41, 5.74) is 0. The second-order valence-corrected chi connectivity index (χ2v) is 2.98. The van der Waals surface area contributed by atoms with Crippen LogP contribution in [0.3, 0.4) is 0 Å². The minimum absolute atomic E-state index is 0.136. The number of hydrogen-bond donors (Lipinski definition) is 1. The number of methoxy groups -OCH3 is 1. The smallest absolute Gasteiger partial charge is 0.236 e. The van der Waals surface area contributed by atoms with E-state index < -0.39 is 6.10 Å². The zero-order valence-corrected chi connectivity index (χ0v) is 7.43. The molecule has 1 amide bonds. The number of likely N-dealkylation sites (tertiary alicyclic amines) is 1. The second-order valence-electron chi connectivity index (χ2n) is 2.98. The van der Waals surface area contributed by atoms with Crippen LogP contribution >= 0.6 is 0 Å². The van der Waals surface area contributed by atoms with Gasteiger partial charge in [0.25, 0.3) is 0 Å². The molecule has 0 aliphatic carbocycles. The van der Waals surface area contributed by atoms with E-state index in [0.29, 0.717) is 6.54 Å². The fourth-order valence-electron chi connectivity index (χ4n) is 1.37. The van der Waals surface area contributed by atoms with E-state index >= 15 is 0 Å². The summed E-state index contributed by atoms with van der Waals surface area (Å²) in [6.07, 6.45) is -1.08. The van der Waals surface area contributed by atoms with Gasteiger partial charge in [-0.1, -0.05) is 0 Å². The molecule has 1 heterocycles. The van der Waals surface area contributed by atoms with E-state index in [0.717, 1.165) is 0 Å². The maximum Gasteiger partial charge on any atom is 0.236 e. The van der Waals surface area contributed by atoms with E-state index in [9.17, 15) is 9.90 Å². The number of nitriles is 1. The van der Waals surface area contributed by atoms with E-state index in [2.05, 4.69) is 0 Å². The molecule has 1 N–H and O–H groups in total. The van der Waals surface area contributed by atoms with Crippen molar-refractivity contribution in [3.05, 3.63) is 0 Å². The minimum Gasteiger partial charge on any atom is -0.388 e. The lowest BCUT2D eigenvalue weighted by molar-refractivity contribution is -0.129. The van der Waals surface area contributed by atoms with Gasteiger partial charge in [0.1, 0.15) is 12.5 Å². The molecule has 0 spiro atoms. The Morgan fingerprint density at radius 3 is 2.92 bits per heavy atom. The first kappa shape index (κ1) is 9.96. The van der Waals surface area contributed by atoms with Crippen LogP contribution < -0.4 is 0 Å². The maximum absolute atomic E-state index is 11.2. The highest BCUT2D eigenvalue weighted by Crippen LogP contribution is 2.13. The summed E-state index contributed by atoms with van der Waals surface area (Å²) in [6.45, 7) is 0.636. The second kappa shape index (κ2) is 4.21. The van der Waals surface area contributed by atoms with Crippen molar-refractivity contribution in [1.29, 1.82) is 5.26 Å². The predicted octanol–water partition coefficient (Wildman–Crippen LogP) is -0.882. The molecule has 0 aromatic heterocycles. The zero-order chi connectivity index (χ0) is 9.84. The van der Waals surface area contributed by atoms with Crippen molar-refractivity contribution in [1.82, 2.24) is 4.90 Å². The number of β-amino-alcohol motifs (C(OH)–C–C–N with tert-alkyl or cyclic N) is 1. The molecular weight excluding hydrogens is 172 g/mol. The Kier molecular flexibility index (Phi) is 3.23. The van der Waals surface area contributed by atoms with Gasteiger partial charge in [0.05, 0.1) is 12.2 Å². The van der Waals surface area contributed by atoms with Gasteiger partial charge >= 0.3 is 0 Å². The first-order chi connectivity index (χ1) is 6.19. The van der Waals surface area contributed by atoms with E-state index in [-0.39, 0.29) is 25.0 Å². The molecule has 0 saturated carbocycles. The Balaban J connectivity index is 2.49. The van der Waals surface area contributed by atoms with Crippen molar-refractivity contribution in [3.8, 4) is 6.07 Å². The Hall–Kier alpha value is -1.12. The van der Waals surface area contributed by atoms with Gasteiger partial charge in [0.15, 0.2) is 0 Å². The van der Waals surface area contributed by atoms with E-state index in [1.807, 2.05) is 0 Å². The molecule has 0 radical (unpaired) electrons. The van der Waals surface area contributed by atoms with Gasteiger partial charge < -0.3 is 14.7 Å². The number of rotatable bonds is 2. The third-order valence-corrected chi connectivity index (χ3v) is 2.12. The molecule has 0 bridgehead atoms. The largest absolute Gasteiger partial charge is 0.388 e. The van der Waals surface area contributed by atoms with E-state index in [1.165, 1.54) is 12.0 Å². The van der Waals surface area contributed by atoms with Gasteiger partial charge in [-0.05, 0) is 0 Å². The molecule has 1 fully saturated rings. The van der Waals surface area contributed by atoms with Gasteiger partial charge in [0, 0.05) is 20.2 Å². The summed E-state index contributed by atoms with van der Waals surface area (Å²) in [5.74, 6) is -0.249. The van der Waals surface area contributed by atoms with Crippen LogP contribution in [0.15, 0.2) is 0 Å². The van der Waals surface area contributed by atoms with Crippen LogP contribution in [-0.4, -0.2) is 48.3 Å². The summed E-state index contributed by atoms with van der Waals surface area (Å²) >= 11 is 0. The molecule has 0 aromatic carbocycles. The third-order valence-electron chi connectivity index (χ3n) is 2.12. The fraction of sp³-hybridized carbons (Fsp3) is 0.750. The van der Waals surface area contributed by atoms with Gasteiger partial charge in [-0.2, -0.15) is 5.26 Å². The molecule has 0 aromatic rings. The van der Waals surface area contributed by atoms with Crippen LogP contribution in [-0.2, 0) is 9.53 Å².